The van der Waals surface area contributed by atoms with Crippen LogP contribution in [0.1, 0.15) is 52.0 Å². The van der Waals surface area contributed by atoms with Crippen molar-refractivity contribution < 1.29 is 19.1 Å². The number of nitrogens with zero attached hydrogens (tertiary/aromatic N) is 1. The van der Waals surface area contributed by atoms with Crippen LogP contribution in [0.2, 0.25) is 0 Å². The molecular formula is C26H31N3O4. The summed E-state index contributed by atoms with van der Waals surface area (Å²) >= 11 is 0. The Morgan fingerprint density at radius 3 is 2.30 bits per heavy atom. The molecule has 1 atom stereocenters. The zero-order chi connectivity index (χ0) is 23.4. The van der Waals surface area contributed by atoms with Crippen molar-refractivity contribution in [3.05, 3.63) is 65.2 Å². The largest absolute Gasteiger partial charge is 0.497 e. The number of benzene rings is 2. The predicted molar refractivity (Wildman–Crippen MR) is 125 cm³/mol. The highest BCUT2D eigenvalue weighted by molar-refractivity contribution is 5.98. The first-order valence-corrected chi connectivity index (χ1v) is 11.6. The van der Waals surface area contributed by atoms with Crippen LogP contribution in [-0.2, 0) is 4.79 Å². The molecule has 0 bridgehead atoms. The summed E-state index contributed by atoms with van der Waals surface area (Å²) in [6.45, 7) is 3.04. The number of rotatable bonds is 7. The second kappa shape index (κ2) is 10.1. The smallest absolute Gasteiger partial charge is 0.253 e. The lowest BCUT2D eigenvalue weighted by Crippen LogP contribution is -2.54. The average Bonchev–Trinajstić information content (AvgIpc) is 3.66. The van der Waals surface area contributed by atoms with E-state index in [4.69, 9.17) is 4.74 Å². The Kier molecular flexibility index (Phi) is 6.96. The van der Waals surface area contributed by atoms with E-state index in [1.54, 1.807) is 37.4 Å². The maximum absolute atomic E-state index is 13.0. The molecule has 4 rings (SSSR count). The fourth-order valence-electron chi connectivity index (χ4n) is 4.22. The molecule has 1 aliphatic heterocycles. The molecule has 1 saturated carbocycles. The third-order valence-electron chi connectivity index (χ3n) is 6.42. The number of methoxy groups -OCH3 is 1. The summed E-state index contributed by atoms with van der Waals surface area (Å²) in [5, 5.41) is 6.02. The molecule has 7 nitrogen and oxygen atoms in total. The van der Waals surface area contributed by atoms with E-state index in [0.29, 0.717) is 42.8 Å². The number of ether oxygens (including phenoxy) is 1. The monoisotopic (exact) mass is 449 g/mol. The molecule has 1 aliphatic carbocycles. The minimum atomic E-state index is -0.617. The van der Waals surface area contributed by atoms with Gasteiger partial charge in [-0.2, -0.15) is 0 Å². The predicted octanol–water partition coefficient (Wildman–Crippen LogP) is 2.93. The van der Waals surface area contributed by atoms with Crippen LogP contribution in [0.25, 0.3) is 0 Å². The van der Waals surface area contributed by atoms with Crippen LogP contribution in [0.15, 0.2) is 48.5 Å². The first kappa shape index (κ1) is 22.8. The number of nitrogens with one attached hydrogen (secondary N) is 2. The highest BCUT2D eigenvalue weighted by atomic mass is 16.5. The Morgan fingerprint density at radius 1 is 0.970 bits per heavy atom. The summed E-state index contributed by atoms with van der Waals surface area (Å²) in [5.41, 5.74) is 2.20. The minimum absolute atomic E-state index is 0.0347. The maximum atomic E-state index is 13.0. The van der Waals surface area contributed by atoms with Crippen molar-refractivity contribution in [2.45, 2.75) is 44.7 Å². The topological polar surface area (TPSA) is 87.7 Å². The molecule has 2 aliphatic rings. The van der Waals surface area contributed by atoms with Crippen molar-refractivity contribution in [1.29, 1.82) is 0 Å². The van der Waals surface area contributed by atoms with Gasteiger partial charge in [0.05, 0.1) is 7.11 Å². The zero-order valence-corrected chi connectivity index (χ0v) is 19.2. The number of amides is 3. The summed E-state index contributed by atoms with van der Waals surface area (Å²) < 4.78 is 5.23. The van der Waals surface area contributed by atoms with Gasteiger partial charge >= 0.3 is 0 Å². The molecule has 2 aromatic carbocycles. The molecule has 1 saturated heterocycles. The molecule has 2 N–H and O–H groups in total. The van der Waals surface area contributed by atoms with E-state index in [-0.39, 0.29) is 29.7 Å². The van der Waals surface area contributed by atoms with Crippen LogP contribution in [0.3, 0.4) is 0 Å². The van der Waals surface area contributed by atoms with Crippen molar-refractivity contribution in [2.24, 2.45) is 5.92 Å². The van der Waals surface area contributed by atoms with E-state index in [2.05, 4.69) is 10.6 Å². The first-order chi connectivity index (χ1) is 15.9. The molecular weight excluding hydrogens is 418 g/mol. The summed E-state index contributed by atoms with van der Waals surface area (Å²) in [6, 6.07) is 14.0. The fraction of sp³-hybridized carbons (Fsp3) is 0.423. The number of carbonyl (C=O) groups excluding carboxylic acids is 3. The standard InChI is InChI=1S/C26H31N3O4/c1-17-6-8-19(9-7-17)24(30)28-23(25(31)27-21-10-11-21)18-12-14-29(15-13-18)26(32)20-4-3-5-22(16-20)33-2/h3-9,16,18,21,23H,10-15H2,1-2H3,(H,27,31)(H,28,30)/t23-/m1/s1. The van der Waals surface area contributed by atoms with Crippen LogP contribution in [-0.4, -0.2) is 54.9 Å². The van der Waals surface area contributed by atoms with Gasteiger partial charge in [-0.15, -0.1) is 0 Å². The molecule has 0 spiro atoms. The van der Waals surface area contributed by atoms with Gasteiger partial charge in [0, 0.05) is 30.3 Å². The summed E-state index contributed by atoms with van der Waals surface area (Å²) in [6.07, 6.45) is 3.26. The highest BCUT2D eigenvalue weighted by Gasteiger charge is 2.36. The van der Waals surface area contributed by atoms with Gasteiger partial charge in [-0.25, -0.2) is 0 Å². The Morgan fingerprint density at radius 2 is 1.67 bits per heavy atom. The van der Waals surface area contributed by atoms with Gasteiger partial charge in [-0.1, -0.05) is 23.8 Å². The molecule has 0 radical (unpaired) electrons. The van der Waals surface area contributed by atoms with Crippen LogP contribution >= 0.6 is 0 Å². The van der Waals surface area contributed by atoms with Gasteiger partial charge in [-0.3, -0.25) is 14.4 Å². The number of aryl methyl sites for hydroxylation is 1. The van der Waals surface area contributed by atoms with E-state index < -0.39 is 6.04 Å². The van der Waals surface area contributed by atoms with E-state index >= 15 is 0 Å². The zero-order valence-electron chi connectivity index (χ0n) is 19.2. The van der Waals surface area contributed by atoms with Gasteiger partial charge in [0.1, 0.15) is 11.8 Å². The Labute approximate surface area is 194 Å². The van der Waals surface area contributed by atoms with E-state index in [1.807, 2.05) is 30.0 Å². The van der Waals surface area contributed by atoms with Crippen molar-refractivity contribution in [3.63, 3.8) is 0 Å². The van der Waals surface area contributed by atoms with Crippen LogP contribution in [0, 0.1) is 12.8 Å². The molecule has 3 amide bonds. The van der Waals surface area contributed by atoms with Crippen molar-refractivity contribution in [3.8, 4) is 5.75 Å². The van der Waals surface area contributed by atoms with E-state index in [1.165, 1.54) is 0 Å². The molecule has 174 valence electrons. The highest BCUT2D eigenvalue weighted by Crippen LogP contribution is 2.25. The Bertz CT molecular complexity index is 1010. The molecule has 0 aromatic heterocycles. The minimum Gasteiger partial charge on any atom is -0.497 e. The Balaban J connectivity index is 1.42. The second-order valence-corrected chi connectivity index (χ2v) is 8.96. The second-order valence-electron chi connectivity index (χ2n) is 8.96. The summed E-state index contributed by atoms with van der Waals surface area (Å²) in [4.78, 5) is 40.6. The number of hydrogen-bond acceptors (Lipinski definition) is 4. The van der Waals surface area contributed by atoms with E-state index in [9.17, 15) is 14.4 Å². The molecule has 7 heteroatoms. The number of likely N-dealkylation sites (tertiary alicyclic amines) is 1. The number of piperidine rings is 1. The molecule has 1 heterocycles. The third-order valence-corrected chi connectivity index (χ3v) is 6.42. The average molecular weight is 450 g/mol. The first-order valence-electron chi connectivity index (χ1n) is 11.6. The fourth-order valence-corrected chi connectivity index (χ4v) is 4.22. The molecule has 0 unspecified atom stereocenters. The van der Waals surface area contributed by atoms with Gasteiger partial charge in [0.2, 0.25) is 5.91 Å². The van der Waals surface area contributed by atoms with Crippen molar-refractivity contribution in [2.75, 3.05) is 20.2 Å². The lowest BCUT2D eigenvalue weighted by molar-refractivity contribution is -0.124. The molecule has 2 fully saturated rings. The van der Waals surface area contributed by atoms with Gasteiger partial charge in [0.15, 0.2) is 0 Å². The van der Waals surface area contributed by atoms with Gasteiger partial charge < -0.3 is 20.3 Å². The summed E-state index contributed by atoms with van der Waals surface area (Å²) in [7, 11) is 1.58. The maximum Gasteiger partial charge on any atom is 0.253 e. The van der Waals surface area contributed by atoms with Gasteiger partial charge in [0.25, 0.3) is 11.8 Å². The quantitative estimate of drug-likeness (QED) is 0.680. The van der Waals surface area contributed by atoms with Crippen molar-refractivity contribution >= 4 is 17.7 Å². The third kappa shape index (κ3) is 5.72. The van der Waals surface area contributed by atoms with Crippen LogP contribution in [0.5, 0.6) is 5.75 Å². The van der Waals surface area contributed by atoms with Crippen molar-refractivity contribution in [1.82, 2.24) is 15.5 Å². The van der Waals surface area contributed by atoms with Crippen LogP contribution < -0.4 is 15.4 Å². The lowest BCUT2D eigenvalue weighted by Gasteiger charge is -2.36. The summed E-state index contributed by atoms with van der Waals surface area (Å²) in [5.74, 6) is 0.185. The lowest BCUT2D eigenvalue weighted by atomic mass is 9.88. The number of hydrogen-bond donors (Lipinski definition) is 2. The van der Waals surface area contributed by atoms with Crippen LogP contribution in [0.4, 0.5) is 0 Å². The van der Waals surface area contributed by atoms with Gasteiger partial charge in [-0.05, 0) is 68.9 Å². The normalized spacial score (nSPS) is 17.2. The van der Waals surface area contributed by atoms with E-state index in [0.717, 1.165) is 18.4 Å². The molecule has 33 heavy (non-hydrogen) atoms. The molecule has 2 aromatic rings. The number of carbonyl (C=O) groups is 3. The Hall–Kier alpha value is -3.35. The SMILES string of the molecule is COc1cccc(C(=O)N2CCC([C@@H](NC(=O)c3ccc(C)cc3)C(=O)NC3CC3)CC2)c1.